The van der Waals surface area contributed by atoms with Crippen LogP contribution in [0, 0.1) is 29.5 Å². The quantitative estimate of drug-likeness (QED) is 0.142. The molecule has 6 rings (SSSR count). The molecule has 2 fully saturated rings. The zero-order valence-corrected chi connectivity index (χ0v) is 27.3. The molecule has 3 aliphatic rings. The highest BCUT2D eigenvalue weighted by Gasteiger charge is 2.32. The molecule has 0 radical (unpaired) electrons. The van der Waals surface area contributed by atoms with Gasteiger partial charge in [0.1, 0.15) is 11.9 Å². The molecular formula is C38H42FNO2S2. The van der Waals surface area contributed by atoms with Gasteiger partial charge in [0, 0.05) is 22.6 Å². The van der Waals surface area contributed by atoms with Gasteiger partial charge in [0.05, 0.1) is 18.4 Å². The Morgan fingerprint density at radius 3 is 2.55 bits per heavy atom. The third kappa shape index (κ3) is 7.82. The maximum Gasteiger partial charge on any atom is 0.160 e. The first-order chi connectivity index (χ1) is 21.6. The molecule has 3 aromatic rings. The molecule has 1 saturated carbocycles. The van der Waals surface area contributed by atoms with E-state index in [0.717, 1.165) is 74.5 Å². The van der Waals surface area contributed by atoms with Gasteiger partial charge in [0.15, 0.2) is 6.29 Å². The van der Waals surface area contributed by atoms with Crippen molar-refractivity contribution in [1.82, 2.24) is 0 Å². The third-order valence-electron chi connectivity index (χ3n) is 9.45. The minimum Gasteiger partial charge on any atom is -0.350 e. The van der Waals surface area contributed by atoms with Crippen LogP contribution < -0.4 is 0 Å². The normalized spacial score (nSPS) is 25.0. The molecule has 2 aliphatic carbocycles. The van der Waals surface area contributed by atoms with Crippen LogP contribution in [0.3, 0.4) is 0 Å². The lowest BCUT2D eigenvalue weighted by molar-refractivity contribution is -0.215. The summed E-state index contributed by atoms with van der Waals surface area (Å²) in [6.07, 6.45) is 9.89. The summed E-state index contributed by atoms with van der Waals surface area (Å²) in [6, 6.07) is 17.3. The minimum absolute atomic E-state index is 0.0217. The van der Waals surface area contributed by atoms with Crippen LogP contribution in [0.2, 0.25) is 0 Å². The van der Waals surface area contributed by atoms with E-state index in [1.165, 1.54) is 34.1 Å². The van der Waals surface area contributed by atoms with Crippen molar-refractivity contribution in [3.63, 3.8) is 0 Å². The Morgan fingerprint density at radius 1 is 0.955 bits per heavy atom. The molecule has 0 bridgehead atoms. The topological polar surface area (TPSA) is 30.8 Å². The van der Waals surface area contributed by atoms with Crippen LogP contribution in [-0.4, -0.2) is 41.7 Å². The third-order valence-corrected chi connectivity index (χ3v) is 11.1. The van der Waals surface area contributed by atoms with Crippen molar-refractivity contribution in [2.45, 2.75) is 88.7 Å². The summed E-state index contributed by atoms with van der Waals surface area (Å²) in [6.45, 7) is 3.35. The van der Waals surface area contributed by atoms with Crippen molar-refractivity contribution in [2.75, 3.05) is 19.0 Å². The van der Waals surface area contributed by atoms with Crippen molar-refractivity contribution in [1.29, 1.82) is 0 Å². The van der Waals surface area contributed by atoms with Gasteiger partial charge in [-0.1, -0.05) is 55.2 Å². The Bertz CT molecular complexity index is 1560. The van der Waals surface area contributed by atoms with Crippen molar-refractivity contribution < 1.29 is 13.9 Å². The molecule has 6 heteroatoms. The Morgan fingerprint density at radius 2 is 1.75 bits per heavy atom. The molecule has 3 nitrogen and oxygen atoms in total. The highest BCUT2D eigenvalue weighted by molar-refractivity contribution is 7.99. The first-order valence-electron chi connectivity index (χ1n) is 16.3. The number of nitrogens with zero attached hydrogens (tertiary/aromatic N) is 1. The van der Waals surface area contributed by atoms with Crippen LogP contribution in [0.5, 0.6) is 0 Å². The SMILES string of the molecule is CCCSC1CCc2c(ccc(CCc3ccc4cc(C#CC5CCC(C6OCC(N=C=S)CO6)CC5)ccc4c3)c2F)C1. The number of aryl methyl sites for hydroxylation is 2. The van der Waals surface area contributed by atoms with E-state index >= 15 is 4.39 Å². The molecule has 0 N–H and O–H groups in total. The van der Waals surface area contributed by atoms with Crippen LogP contribution >= 0.6 is 24.0 Å². The average molecular weight is 628 g/mol. The summed E-state index contributed by atoms with van der Waals surface area (Å²) in [4.78, 5) is 4.08. The molecule has 0 spiro atoms. The van der Waals surface area contributed by atoms with Crippen LogP contribution in [0.4, 0.5) is 4.39 Å². The van der Waals surface area contributed by atoms with E-state index in [-0.39, 0.29) is 18.1 Å². The van der Waals surface area contributed by atoms with E-state index in [0.29, 0.717) is 30.3 Å². The zero-order chi connectivity index (χ0) is 30.3. The molecular weight excluding hydrogens is 586 g/mol. The Kier molecular flexibility index (Phi) is 10.9. The largest absolute Gasteiger partial charge is 0.350 e. The van der Waals surface area contributed by atoms with Crippen molar-refractivity contribution >= 4 is 39.9 Å². The molecule has 3 aromatic carbocycles. The Labute approximate surface area is 271 Å². The fourth-order valence-corrected chi connectivity index (χ4v) is 8.20. The second-order valence-electron chi connectivity index (χ2n) is 12.6. The first kappa shape index (κ1) is 31.5. The standard InChI is InChI=1S/C38H42FNO2S2/c1-2-19-44-35-17-18-36-33(22-35)16-15-29(37(36)39)10-7-28-9-14-31-20-27(8-13-32(31)21-28)4-3-26-5-11-30(12-6-26)38-41-23-34(24-42-38)40-25-43/h8-9,13-16,20-21,26,30,34-35,38H,2,5-7,10-12,17-19,22-24H2,1H3. The number of hydrogen-bond donors (Lipinski definition) is 0. The number of thioether (sulfide) groups is 1. The van der Waals surface area contributed by atoms with Crippen LogP contribution in [0.1, 0.15) is 73.3 Å². The number of rotatable bonds is 8. The predicted molar refractivity (Wildman–Crippen MR) is 183 cm³/mol. The molecule has 1 unspecified atom stereocenters. The Balaban J connectivity index is 1.01. The number of fused-ring (bicyclic) bond motifs is 2. The average Bonchev–Trinajstić information content (AvgIpc) is 3.06. The molecule has 1 atom stereocenters. The maximum atomic E-state index is 15.4. The molecule has 1 saturated heterocycles. The van der Waals surface area contributed by atoms with Crippen molar-refractivity contribution in [3.8, 4) is 11.8 Å². The molecule has 44 heavy (non-hydrogen) atoms. The summed E-state index contributed by atoms with van der Waals surface area (Å²) < 4.78 is 27.3. The van der Waals surface area contributed by atoms with E-state index in [9.17, 15) is 0 Å². The lowest BCUT2D eigenvalue weighted by Crippen LogP contribution is -2.40. The predicted octanol–water partition coefficient (Wildman–Crippen LogP) is 8.77. The molecule has 1 aliphatic heterocycles. The van der Waals surface area contributed by atoms with E-state index < -0.39 is 0 Å². The number of thiocarbonyl (C=S) groups is 1. The van der Waals surface area contributed by atoms with Gasteiger partial charge in [-0.05, 0) is 127 Å². The zero-order valence-electron chi connectivity index (χ0n) is 25.7. The van der Waals surface area contributed by atoms with Crippen LogP contribution in [-0.2, 0) is 35.2 Å². The number of aliphatic imine (C=N–C) groups is 1. The van der Waals surface area contributed by atoms with Crippen LogP contribution in [0.15, 0.2) is 53.5 Å². The summed E-state index contributed by atoms with van der Waals surface area (Å²) >= 11 is 6.74. The summed E-state index contributed by atoms with van der Waals surface area (Å²) in [5, 5.41) is 5.47. The van der Waals surface area contributed by atoms with E-state index in [2.05, 4.69) is 95.4 Å². The number of halogens is 1. The number of hydrogen-bond acceptors (Lipinski definition) is 5. The second kappa shape index (κ2) is 15.2. The summed E-state index contributed by atoms with van der Waals surface area (Å²) in [7, 11) is 0. The van der Waals surface area contributed by atoms with E-state index in [1.54, 1.807) is 0 Å². The first-order valence-corrected chi connectivity index (χ1v) is 17.8. The van der Waals surface area contributed by atoms with Crippen LogP contribution in [0.25, 0.3) is 10.8 Å². The van der Waals surface area contributed by atoms with Gasteiger partial charge in [0.25, 0.3) is 0 Å². The molecule has 230 valence electrons. The van der Waals surface area contributed by atoms with Gasteiger partial charge in [0.2, 0.25) is 0 Å². The lowest BCUT2D eigenvalue weighted by atomic mass is 9.81. The fraction of sp³-hybridized carbons (Fsp3) is 0.500. The maximum absolute atomic E-state index is 15.4. The van der Waals surface area contributed by atoms with Gasteiger partial charge in [-0.25, -0.2) is 9.38 Å². The molecule has 0 aromatic heterocycles. The van der Waals surface area contributed by atoms with Crippen molar-refractivity contribution in [3.05, 3.63) is 82.2 Å². The Hall–Kier alpha value is -2.52. The summed E-state index contributed by atoms with van der Waals surface area (Å²) in [5.41, 5.74) is 5.35. The number of benzene rings is 3. The van der Waals surface area contributed by atoms with Gasteiger partial charge in [-0.15, -0.1) is 0 Å². The monoisotopic (exact) mass is 627 g/mol. The smallest absolute Gasteiger partial charge is 0.160 e. The van der Waals surface area contributed by atoms with Gasteiger partial charge in [-0.2, -0.15) is 11.8 Å². The summed E-state index contributed by atoms with van der Waals surface area (Å²) in [5.74, 6) is 9.05. The highest BCUT2D eigenvalue weighted by atomic mass is 32.2. The molecule has 0 amide bonds. The van der Waals surface area contributed by atoms with Gasteiger partial charge in [-0.3, -0.25) is 0 Å². The number of isothiocyanates is 1. The second-order valence-corrected chi connectivity index (χ2v) is 14.2. The van der Waals surface area contributed by atoms with Gasteiger partial charge < -0.3 is 9.47 Å². The van der Waals surface area contributed by atoms with E-state index in [4.69, 9.17) is 9.47 Å². The van der Waals surface area contributed by atoms with Crippen molar-refractivity contribution in [2.24, 2.45) is 16.8 Å². The lowest BCUT2D eigenvalue weighted by Gasteiger charge is -2.35. The van der Waals surface area contributed by atoms with Gasteiger partial charge >= 0.3 is 0 Å². The molecule has 1 heterocycles. The van der Waals surface area contributed by atoms with E-state index in [1.807, 2.05) is 6.07 Å². The minimum atomic E-state index is -0.134. The highest BCUT2D eigenvalue weighted by Crippen LogP contribution is 2.34. The number of ether oxygens (including phenoxy) is 2. The fourth-order valence-electron chi connectivity index (χ4n) is 6.90.